The maximum Gasteiger partial charge on any atom is 0.489 e. The number of rotatable bonds is 2. The summed E-state index contributed by atoms with van der Waals surface area (Å²) in [6.07, 6.45) is 1.89. The Kier molecular flexibility index (Phi) is 3.45. The zero-order valence-electron chi connectivity index (χ0n) is 8.64. The molecule has 2 aromatic carbocycles. The first-order valence-corrected chi connectivity index (χ1v) is 6.36. The van der Waals surface area contributed by atoms with E-state index in [9.17, 15) is 10.0 Å². The van der Waals surface area contributed by atoms with Gasteiger partial charge in [0, 0.05) is 15.3 Å². The van der Waals surface area contributed by atoms with Crippen LogP contribution >= 0.6 is 23.4 Å². The topological polar surface area (TPSA) is 40.5 Å². The van der Waals surface area contributed by atoms with E-state index in [4.69, 9.17) is 11.6 Å². The van der Waals surface area contributed by atoms with Crippen molar-refractivity contribution in [3.8, 4) is 0 Å². The highest BCUT2D eigenvalue weighted by Crippen LogP contribution is 2.26. The molecule has 0 spiro atoms. The molecule has 16 heavy (non-hydrogen) atoms. The van der Waals surface area contributed by atoms with Crippen LogP contribution in [0.5, 0.6) is 0 Å². The van der Waals surface area contributed by atoms with Crippen LogP contribution < -0.4 is 5.46 Å². The Hall–Kier alpha value is -0.675. The predicted molar refractivity (Wildman–Crippen MR) is 70.6 cm³/mol. The molecule has 0 aliphatic heterocycles. The number of halogens is 1. The van der Waals surface area contributed by atoms with E-state index in [-0.39, 0.29) is 0 Å². The molecule has 2 N–H and O–H groups in total. The second-order valence-electron chi connectivity index (χ2n) is 3.43. The highest BCUT2D eigenvalue weighted by atomic mass is 35.5. The number of hydrogen-bond donors (Lipinski definition) is 2. The fourth-order valence-corrected chi connectivity index (χ4v) is 2.54. The van der Waals surface area contributed by atoms with Crippen LogP contribution in [0.15, 0.2) is 35.2 Å². The van der Waals surface area contributed by atoms with E-state index in [0.29, 0.717) is 10.5 Å². The van der Waals surface area contributed by atoms with Gasteiger partial charge < -0.3 is 10.0 Å². The first-order valence-electron chi connectivity index (χ1n) is 4.76. The summed E-state index contributed by atoms with van der Waals surface area (Å²) in [5.74, 6) is 0. The molecule has 2 nitrogen and oxygen atoms in total. The van der Waals surface area contributed by atoms with Crippen LogP contribution in [0.1, 0.15) is 0 Å². The normalized spacial score (nSPS) is 10.8. The van der Waals surface area contributed by atoms with Crippen molar-refractivity contribution >= 4 is 46.7 Å². The molecule has 0 unspecified atom stereocenters. The Morgan fingerprint density at radius 2 is 2.00 bits per heavy atom. The Balaban J connectivity index is 2.75. The van der Waals surface area contributed by atoms with E-state index in [1.54, 1.807) is 6.07 Å². The molecule has 0 atom stereocenters. The van der Waals surface area contributed by atoms with Crippen LogP contribution in [0, 0.1) is 0 Å². The van der Waals surface area contributed by atoms with Gasteiger partial charge in [0.1, 0.15) is 0 Å². The van der Waals surface area contributed by atoms with Gasteiger partial charge in [-0.25, -0.2) is 0 Å². The molecule has 0 saturated heterocycles. The third-order valence-electron chi connectivity index (χ3n) is 2.46. The van der Waals surface area contributed by atoms with Gasteiger partial charge in [0.2, 0.25) is 0 Å². The summed E-state index contributed by atoms with van der Waals surface area (Å²) in [4.78, 5) is 0.829. The van der Waals surface area contributed by atoms with E-state index in [2.05, 4.69) is 0 Å². The summed E-state index contributed by atoms with van der Waals surface area (Å²) in [5.41, 5.74) is 0.516. The fourth-order valence-electron chi connectivity index (χ4n) is 1.66. The number of hydrogen-bond acceptors (Lipinski definition) is 3. The maximum atomic E-state index is 9.27. The minimum absolute atomic E-state index is 0.516. The SMILES string of the molecule is CSc1cc2c(Cl)cccc2cc1B(O)O. The van der Waals surface area contributed by atoms with Crippen LogP contribution in [0.2, 0.25) is 5.02 Å². The zero-order valence-corrected chi connectivity index (χ0v) is 10.2. The lowest BCUT2D eigenvalue weighted by Gasteiger charge is -2.09. The summed E-state index contributed by atoms with van der Waals surface area (Å²) in [5, 5.41) is 21.1. The molecule has 2 rings (SSSR count). The van der Waals surface area contributed by atoms with Gasteiger partial charge >= 0.3 is 7.12 Å². The summed E-state index contributed by atoms with van der Waals surface area (Å²) < 4.78 is 0. The van der Waals surface area contributed by atoms with Crippen molar-refractivity contribution in [1.82, 2.24) is 0 Å². The fraction of sp³-hybridized carbons (Fsp3) is 0.0909. The van der Waals surface area contributed by atoms with Crippen LogP contribution in [-0.2, 0) is 0 Å². The summed E-state index contributed by atoms with van der Waals surface area (Å²) in [6.45, 7) is 0. The monoisotopic (exact) mass is 252 g/mol. The van der Waals surface area contributed by atoms with Gasteiger partial charge in [-0.05, 0) is 29.2 Å². The van der Waals surface area contributed by atoms with Crippen molar-refractivity contribution in [2.24, 2.45) is 0 Å². The largest absolute Gasteiger partial charge is 0.489 e. The van der Waals surface area contributed by atoms with Gasteiger partial charge in [-0.2, -0.15) is 0 Å². The van der Waals surface area contributed by atoms with E-state index < -0.39 is 7.12 Å². The van der Waals surface area contributed by atoms with Gasteiger partial charge in [0.25, 0.3) is 0 Å². The molecule has 2 aromatic rings. The third kappa shape index (κ3) is 2.06. The standard InChI is InChI=1S/C11H10BClO2S/c1-16-11-6-8-7(3-2-4-10(8)13)5-9(11)12(14)15/h2-6,14-15H,1H3. The minimum Gasteiger partial charge on any atom is -0.423 e. The first kappa shape index (κ1) is 11.8. The van der Waals surface area contributed by atoms with Gasteiger partial charge in [-0.15, -0.1) is 11.8 Å². The van der Waals surface area contributed by atoms with E-state index >= 15 is 0 Å². The number of benzene rings is 2. The second kappa shape index (κ2) is 4.68. The highest BCUT2D eigenvalue weighted by Gasteiger charge is 2.17. The molecule has 0 aromatic heterocycles. The zero-order chi connectivity index (χ0) is 11.7. The molecular formula is C11H10BClO2S. The van der Waals surface area contributed by atoms with Gasteiger partial charge in [0.15, 0.2) is 0 Å². The second-order valence-corrected chi connectivity index (χ2v) is 4.68. The number of thioether (sulfide) groups is 1. The lowest BCUT2D eigenvalue weighted by Crippen LogP contribution is -2.31. The Labute approximate surface area is 103 Å². The summed E-state index contributed by atoms with van der Waals surface area (Å²) in [7, 11) is -1.45. The smallest absolute Gasteiger partial charge is 0.423 e. The molecule has 0 fully saturated rings. The average molecular weight is 253 g/mol. The number of fused-ring (bicyclic) bond motifs is 1. The maximum absolute atomic E-state index is 9.27. The van der Waals surface area contributed by atoms with E-state index in [0.717, 1.165) is 15.7 Å². The Morgan fingerprint density at radius 1 is 1.25 bits per heavy atom. The lowest BCUT2D eigenvalue weighted by atomic mass is 9.79. The Morgan fingerprint density at radius 3 is 2.62 bits per heavy atom. The minimum atomic E-state index is -1.45. The summed E-state index contributed by atoms with van der Waals surface area (Å²) >= 11 is 7.55. The molecule has 0 radical (unpaired) electrons. The molecule has 0 saturated carbocycles. The first-order chi connectivity index (χ1) is 7.63. The van der Waals surface area contributed by atoms with Crippen LogP contribution in [0.4, 0.5) is 0 Å². The van der Waals surface area contributed by atoms with Gasteiger partial charge in [-0.1, -0.05) is 29.8 Å². The molecule has 0 heterocycles. The van der Waals surface area contributed by atoms with Crippen molar-refractivity contribution in [2.45, 2.75) is 4.90 Å². The Bertz CT molecular complexity index is 531. The quantitative estimate of drug-likeness (QED) is 0.633. The summed E-state index contributed by atoms with van der Waals surface area (Å²) in [6, 6.07) is 9.21. The van der Waals surface area contributed by atoms with Crippen molar-refractivity contribution in [3.05, 3.63) is 35.4 Å². The van der Waals surface area contributed by atoms with Crippen molar-refractivity contribution in [3.63, 3.8) is 0 Å². The van der Waals surface area contributed by atoms with E-state index in [1.807, 2.05) is 30.5 Å². The molecule has 5 heteroatoms. The molecule has 0 bridgehead atoms. The van der Waals surface area contributed by atoms with Crippen molar-refractivity contribution in [2.75, 3.05) is 6.26 Å². The highest BCUT2D eigenvalue weighted by molar-refractivity contribution is 7.98. The lowest BCUT2D eigenvalue weighted by molar-refractivity contribution is 0.425. The van der Waals surface area contributed by atoms with Gasteiger partial charge in [-0.3, -0.25) is 0 Å². The molecule has 0 amide bonds. The van der Waals surface area contributed by atoms with Crippen molar-refractivity contribution < 1.29 is 10.0 Å². The molecule has 0 aliphatic carbocycles. The van der Waals surface area contributed by atoms with Crippen LogP contribution in [-0.4, -0.2) is 23.4 Å². The average Bonchev–Trinajstić information content (AvgIpc) is 2.28. The molecular weight excluding hydrogens is 242 g/mol. The third-order valence-corrected chi connectivity index (χ3v) is 3.58. The molecule has 0 aliphatic rings. The van der Waals surface area contributed by atoms with Gasteiger partial charge in [0.05, 0.1) is 0 Å². The van der Waals surface area contributed by atoms with E-state index in [1.165, 1.54) is 11.8 Å². The van der Waals surface area contributed by atoms with Crippen molar-refractivity contribution in [1.29, 1.82) is 0 Å². The van der Waals surface area contributed by atoms with Crippen LogP contribution in [0.25, 0.3) is 10.8 Å². The predicted octanol–water partition coefficient (Wildman–Crippen LogP) is 1.89. The van der Waals surface area contributed by atoms with Crippen LogP contribution in [0.3, 0.4) is 0 Å². The molecule has 82 valence electrons.